The highest BCUT2D eigenvalue weighted by atomic mass is 16.3. The van der Waals surface area contributed by atoms with Gasteiger partial charge in [-0.05, 0) is 70.6 Å². The quantitative estimate of drug-likeness (QED) is 0.0313. The number of nitrogens with one attached hydrogen (secondary N) is 1. The van der Waals surface area contributed by atoms with Crippen LogP contribution in [0.4, 0.5) is 0 Å². The molecule has 0 saturated heterocycles. The van der Waals surface area contributed by atoms with Crippen LogP contribution in [0.1, 0.15) is 239 Å². The number of carbonyl (C=O) groups excluding carboxylic acids is 1. The minimum atomic E-state index is -1.28. The molecule has 0 spiro atoms. The highest BCUT2D eigenvalue weighted by Gasteiger charge is 2.28. The summed E-state index contributed by atoms with van der Waals surface area (Å²) < 4.78 is 0. The smallest absolute Gasteiger partial charge is 0.249 e. The Morgan fingerprint density at radius 1 is 0.455 bits per heavy atom. The minimum absolute atomic E-state index is 0.359. The zero-order valence-corrected chi connectivity index (χ0v) is 36.4. The van der Waals surface area contributed by atoms with Crippen LogP contribution in [0.5, 0.6) is 0 Å². The molecule has 0 aromatic heterocycles. The number of allylic oxidation sites excluding steroid dienone is 6. The van der Waals surface area contributed by atoms with Gasteiger partial charge in [-0.2, -0.15) is 0 Å². The summed E-state index contributed by atoms with van der Waals surface area (Å²) in [6, 6.07) is -1.00. The van der Waals surface area contributed by atoms with Crippen LogP contribution in [0.2, 0.25) is 0 Å². The van der Waals surface area contributed by atoms with Gasteiger partial charge in [0, 0.05) is 0 Å². The Hall–Kier alpha value is -1.47. The zero-order valence-electron chi connectivity index (χ0n) is 36.4. The van der Waals surface area contributed by atoms with Crippen molar-refractivity contribution >= 4 is 5.91 Å². The fourth-order valence-electron chi connectivity index (χ4n) is 7.26. The third kappa shape index (κ3) is 37.8. The van der Waals surface area contributed by atoms with Crippen molar-refractivity contribution in [2.45, 2.75) is 263 Å². The molecule has 0 heterocycles. The summed E-state index contributed by atoms with van der Waals surface area (Å²) in [4.78, 5) is 12.5. The first-order valence-corrected chi connectivity index (χ1v) is 23.9. The third-order valence-corrected chi connectivity index (χ3v) is 11.1. The molecule has 4 atom stereocenters. The van der Waals surface area contributed by atoms with Gasteiger partial charge in [0.2, 0.25) is 5.91 Å². The second-order valence-electron chi connectivity index (χ2n) is 16.4. The van der Waals surface area contributed by atoms with Crippen LogP contribution in [0.15, 0.2) is 36.5 Å². The van der Waals surface area contributed by atoms with Crippen molar-refractivity contribution in [3.8, 4) is 0 Å². The van der Waals surface area contributed by atoms with Crippen LogP contribution in [-0.4, -0.2) is 57.3 Å². The molecular weight excluding hydrogens is 683 g/mol. The van der Waals surface area contributed by atoms with E-state index in [1.807, 2.05) is 0 Å². The number of aliphatic hydroxyl groups excluding tert-OH is 4. The number of aliphatic hydroxyl groups is 4. The van der Waals surface area contributed by atoms with E-state index in [2.05, 4.69) is 55.6 Å². The van der Waals surface area contributed by atoms with E-state index in [0.29, 0.717) is 12.8 Å². The normalized spacial score (nSPS) is 14.4. The van der Waals surface area contributed by atoms with Crippen molar-refractivity contribution < 1.29 is 25.2 Å². The zero-order chi connectivity index (χ0) is 40.3. The summed E-state index contributed by atoms with van der Waals surface area (Å²) in [6.45, 7) is 4.03. The van der Waals surface area contributed by atoms with Crippen LogP contribution in [-0.2, 0) is 4.79 Å². The molecule has 4 unspecified atom stereocenters. The molecule has 0 aliphatic rings. The maximum absolute atomic E-state index is 12.5. The van der Waals surface area contributed by atoms with Gasteiger partial charge in [-0.25, -0.2) is 0 Å². The van der Waals surface area contributed by atoms with E-state index in [4.69, 9.17) is 0 Å². The van der Waals surface area contributed by atoms with Gasteiger partial charge in [-0.15, -0.1) is 0 Å². The maximum atomic E-state index is 12.5. The van der Waals surface area contributed by atoms with Crippen molar-refractivity contribution in [1.82, 2.24) is 5.32 Å². The molecule has 0 aromatic carbocycles. The van der Waals surface area contributed by atoms with Crippen molar-refractivity contribution in [2.75, 3.05) is 6.61 Å². The number of carbonyl (C=O) groups is 1. The van der Waals surface area contributed by atoms with Crippen molar-refractivity contribution in [1.29, 1.82) is 0 Å². The lowest BCUT2D eigenvalue weighted by Crippen LogP contribution is -2.53. The second kappa shape index (κ2) is 43.6. The molecule has 0 radical (unpaired) electrons. The molecule has 0 aliphatic carbocycles. The molecule has 6 heteroatoms. The topological polar surface area (TPSA) is 110 Å². The molecule has 0 rings (SSSR count). The summed E-state index contributed by atoms with van der Waals surface area (Å²) >= 11 is 0. The number of unbranched alkanes of at least 4 members (excludes halogenated alkanes) is 28. The van der Waals surface area contributed by atoms with Gasteiger partial charge in [0.1, 0.15) is 12.2 Å². The number of hydrogen-bond donors (Lipinski definition) is 5. The highest BCUT2D eigenvalue weighted by molar-refractivity contribution is 5.80. The average Bonchev–Trinajstić information content (AvgIpc) is 3.19. The molecule has 1 amide bonds. The molecule has 5 N–H and O–H groups in total. The fourth-order valence-corrected chi connectivity index (χ4v) is 7.26. The largest absolute Gasteiger partial charge is 0.394 e. The second-order valence-corrected chi connectivity index (χ2v) is 16.4. The first kappa shape index (κ1) is 53.5. The summed E-state index contributed by atoms with van der Waals surface area (Å²) in [5.74, 6) is -0.596. The monoisotopic (exact) mass is 776 g/mol. The molecule has 0 saturated carbocycles. The molecule has 0 fully saturated rings. The van der Waals surface area contributed by atoms with Gasteiger partial charge in [0.05, 0.1) is 18.8 Å². The Morgan fingerprint density at radius 2 is 0.800 bits per heavy atom. The van der Waals surface area contributed by atoms with E-state index >= 15 is 0 Å². The van der Waals surface area contributed by atoms with E-state index in [9.17, 15) is 25.2 Å². The van der Waals surface area contributed by atoms with Gasteiger partial charge in [0.15, 0.2) is 0 Å². The van der Waals surface area contributed by atoms with Crippen molar-refractivity contribution in [3.05, 3.63) is 36.5 Å². The van der Waals surface area contributed by atoms with Crippen LogP contribution >= 0.6 is 0 Å². The number of hydrogen-bond acceptors (Lipinski definition) is 5. The summed E-state index contributed by atoms with van der Waals surface area (Å²) in [7, 11) is 0. The lowest BCUT2D eigenvalue weighted by atomic mass is 10.00. The predicted molar refractivity (Wildman–Crippen MR) is 237 cm³/mol. The Balaban J connectivity index is 3.70. The Morgan fingerprint density at radius 3 is 1.20 bits per heavy atom. The van der Waals surface area contributed by atoms with E-state index < -0.39 is 36.9 Å². The van der Waals surface area contributed by atoms with Crippen molar-refractivity contribution in [3.63, 3.8) is 0 Å². The molecule has 0 aromatic rings. The maximum Gasteiger partial charge on any atom is 0.249 e. The summed E-state index contributed by atoms with van der Waals surface area (Å²) in [6.07, 6.45) is 51.9. The lowest BCUT2D eigenvalue weighted by molar-refractivity contribution is -0.132. The van der Waals surface area contributed by atoms with Crippen molar-refractivity contribution in [2.24, 2.45) is 0 Å². The van der Waals surface area contributed by atoms with Gasteiger partial charge < -0.3 is 25.7 Å². The number of amides is 1. The first-order valence-electron chi connectivity index (χ1n) is 23.9. The highest BCUT2D eigenvalue weighted by Crippen LogP contribution is 2.15. The molecule has 0 aliphatic heterocycles. The Kier molecular flexibility index (Phi) is 42.5. The van der Waals surface area contributed by atoms with Gasteiger partial charge in [0.25, 0.3) is 0 Å². The predicted octanol–water partition coefficient (Wildman–Crippen LogP) is 12.9. The van der Waals surface area contributed by atoms with Gasteiger partial charge in [-0.3, -0.25) is 4.79 Å². The number of rotatable bonds is 43. The van der Waals surface area contributed by atoms with Crippen LogP contribution < -0.4 is 5.32 Å². The van der Waals surface area contributed by atoms with E-state index in [-0.39, 0.29) is 0 Å². The third-order valence-electron chi connectivity index (χ3n) is 11.1. The lowest BCUT2D eigenvalue weighted by Gasteiger charge is -2.27. The van der Waals surface area contributed by atoms with E-state index in [0.717, 1.165) is 44.9 Å². The van der Waals surface area contributed by atoms with E-state index in [1.54, 1.807) is 0 Å². The first-order chi connectivity index (χ1) is 27.0. The minimum Gasteiger partial charge on any atom is -0.394 e. The molecule has 55 heavy (non-hydrogen) atoms. The summed E-state index contributed by atoms with van der Waals surface area (Å²) in [5.41, 5.74) is 0. The van der Waals surface area contributed by atoms with Gasteiger partial charge >= 0.3 is 0 Å². The van der Waals surface area contributed by atoms with Crippen LogP contribution in [0.25, 0.3) is 0 Å². The van der Waals surface area contributed by atoms with Crippen LogP contribution in [0.3, 0.4) is 0 Å². The van der Waals surface area contributed by atoms with Crippen LogP contribution in [0, 0.1) is 0 Å². The van der Waals surface area contributed by atoms with E-state index in [1.165, 1.54) is 167 Å². The Bertz CT molecular complexity index is 873. The standard InChI is InChI=1S/C49H93NO5/c1-3-5-7-9-11-13-15-17-18-19-20-21-22-23-24-25-26-27-28-29-31-33-35-37-39-41-43-47(53)49(55)50-45(44-51)48(54)46(52)42-40-38-36-34-32-30-16-14-12-10-8-6-4-2/h20-21,23-24,34,36,45-48,51-54H,3-19,22,25-33,35,37-44H2,1-2H3,(H,50,55)/b21-20-,24-23-,36-34+. The molecule has 0 bridgehead atoms. The molecule has 6 nitrogen and oxygen atoms in total. The fraction of sp³-hybridized carbons (Fsp3) is 0.857. The average molecular weight is 776 g/mol. The SMILES string of the molecule is CCCCCCCCCC/C=C/CCCC(O)C(O)C(CO)NC(=O)C(O)CCCCCCCCCCCC/C=C\C/C=C\CCCCCCCCCCC. The molecule has 324 valence electrons. The Labute approximate surface area is 341 Å². The summed E-state index contributed by atoms with van der Waals surface area (Å²) in [5, 5.41) is 43.7. The van der Waals surface area contributed by atoms with Gasteiger partial charge in [-0.1, -0.05) is 204 Å². The molecular formula is C49H93NO5.